The Morgan fingerprint density at radius 3 is 2.52 bits per heavy atom. The van der Waals surface area contributed by atoms with Crippen LogP contribution in [0.25, 0.3) is 0 Å². The van der Waals surface area contributed by atoms with Gasteiger partial charge in [0.25, 0.3) is 0 Å². The van der Waals surface area contributed by atoms with Gasteiger partial charge in [-0.25, -0.2) is 0 Å². The van der Waals surface area contributed by atoms with Crippen molar-refractivity contribution < 1.29 is 4.79 Å². The second-order valence-electron chi connectivity index (χ2n) is 9.35. The number of rotatable bonds is 6. The minimum Gasteiger partial charge on any atom is -0.370 e. The van der Waals surface area contributed by atoms with Gasteiger partial charge in [-0.2, -0.15) is 0 Å². The first kappa shape index (κ1) is 18.9. The first-order valence-electron chi connectivity index (χ1n) is 10.8. The van der Waals surface area contributed by atoms with Gasteiger partial charge in [-0.3, -0.25) is 4.79 Å². The number of carbonyl (C=O) groups is 1. The van der Waals surface area contributed by atoms with E-state index in [-0.39, 0.29) is 11.7 Å². The molecule has 4 heteroatoms. The van der Waals surface area contributed by atoms with Gasteiger partial charge in [0.15, 0.2) is 5.78 Å². The molecule has 3 fully saturated rings. The topological polar surface area (TPSA) is 35.6 Å². The van der Waals surface area contributed by atoms with Gasteiger partial charge in [0.05, 0.1) is 0 Å². The third kappa shape index (κ3) is 3.79. The van der Waals surface area contributed by atoms with Crippen LogP contribution in [0.1, 0.15) is 49.0 Å². The number of hydrogen-bond donors (Lipinski definition) is 1. The summed E-state index contributed by atoms with van der Waals surface area (Å²) in [7, 11) is 0. The molecule has 3 heterocycles. The lowest BCUT2D eigenvalue weighted by Crippen LogP contribution is -2.61. The fraction of sp³-hybridized carbons (Fsp3) is 0.696. The summed E-state index contributed by atoms with van der Waals surface area (Å²) in [5.74, 6) is 1.29. The normalized spacial score (nSPS) is 23.7. The molecule has 0 amide bonds. The fourth-order valence-corrected chi connectivity index (χ4v) is 4.89. The van der Waals surface area contributed by atoms with Gasteiger partial charge in [-0.15, -0.1) is 0 Å². The number of aryl methyl sites for hydroxylation is 1. The average molecular weight is 370 g/mol. The Kier molecular flexibility index (Phi) is 5.30. The van der Waals surface area contributed by atoms with Gasteiger partial charge in [-0.1, -0.05) is 13.8 Å². The van der Waals surface area contributed by atoms with Gasteiger partial charge in [0, 0.05) is 55.3 Å². The highest BCUT2D eigenvalue weighted by Gasteiger charge is 2.45. The summed E-state index contributed by atoms with van der Waals surface area (Å²) in [6.07, 6.45) is 3.59. The van der Waals surface area contributed by atoms with Crippen LogP contribution < -0.4 is 10.2 Å². The molecule has 0 bridgehead atoms. The van der Waals surface area contributed by atoms with E-state index in [2.05, 4.69) is 47.2 Å². The predicted molar refractivity (Wildman–Crippen MR) is 112 cm³/mol. The maximum Gasteiger partial charge on any atom is 0.165 e. The Labute approximate surface area is 164 Å². The maximum absolute atomic E-state index is 12.5. The number of piperidine rings is 1. The molecule has 0 saturated carbocycles. The van der Waals surface area contributed by atoms with Gasteiger partial charge < -0.3 is 15.1 Å². The second kappa shape index (κ2) is 7.56. The van der Waals surface area contributed by atoms with E-state index in [4.69, 9.17) is 0 Å². The van der Waals surface area contributed by atoms with Crippen LogP contribution >= 0.6 is 0 Å². The van der Waals surface area contributed by atoms with E-state index in [0.717, 1.165) is 23.5 Å². The molecule has 1 unspecified atom stereocenters. The monoisotopic (exact) mass is 369 g/mol. The highest BCUT2D eigenvalue weighted by atomic mass is 16.1. The quantitative estimate of drug-likeness (QED) is 0.780. The van der Waals surface area contributed by atoms with Crippen LogP contribution in [0.15, 0.2) is 18.2 Å². The lowest BCUT2D eigenvalue weighted by Gasteiger charge is -2.55. The van der Waals surface area contributed by atoms with Crippen molar-refractivity contribution in [2.24, 2.45) is 17.3 Å². The van der Waals surface area contributed by atoms with Crippen molar-refractivity contribution >= 4 is 11.5 Å². The molecule has 3 aliphatic heterocycles. The molecule has 3 aliphatic rings. The largest absolute Gasteiger partial charge is 0.370 e. The van der Waals surface area contributed by atoms with Crippen LogP contribution in [-0.4, -0.2) is 56.5 Å². The number of anilines is 1. The molecular weight excluding hydrogens is 334 g/mol. The Balaban J connectivity index is 1.31. The molecule has 4 rings (SSSR count). The van der Waals surface area contributed by atoms with Crippen LogP contribution in [0.4, 0.5) is 5.69 Å². The van der Waals surface area contributed by atoms with E-state index in [9.17, 15) is 4.79 Å². The van der Waals surface area contributed by atoms with Crippen LogP contribution in [0.5, 0.6) is 0 Å². The summed E-state index contributed by atoms with van der Waals surface area (Å²) in [4.78, 5) is 17.7. The van der Waals surface area contributed by atoms with Crippen molar-refractivity contribution in [3.05, 3.63) is 29.3 Å². The smallest absolute Gasteiger partial charge is 0.165 e. The van der Waals surface area contributed by atoms with E-state index in [1.54, 1.807) is 0 Å². The van der Waals surface area contributed by atoms with Crippen molar-refractivity contribution in [2.75, 3.05) is 50.7 Å². The van der Waals surface area contributed by atoms with Crippen molar-refractivity contribution in [2.45, 2.75) is 40.0 Å². The van der Waals surface area contributed by atoms with Crippen molar-refractivity contribution in [1.82, 2.24) is 10.2 Å². The van der Waals surface area contributed by atoms with Crippen LogP contribution in [-0.2, 0) is 0 Å². The highest BCUT2D eigenvalue weighted by molar-refractivity contribution is 5.99. The maximum atomic E-state index is 12.5. The van der Waals surface area contributed by atoms with Gasteiger partial charge in [0.2, 0.25) is 0 Å². The zero-order chi connectivity index (χ0) is 19.0. The van der Waals surface area contributed by atoms with E-state index >= 15 is 0 Å². The summed E-state index contributed by atoms with van der Waals surface area (Å²) >= 11 is 0. The zero-order valence-corrected chi connectivity index (χ0v) is 17.3. The molecule has 27 heavy (non-hydrogen) atoms. The third-order valence-electron chi connectivity index (χ3n) is 7.25. The Bertz CT molecular complexity index is 681. The van der Waals surface area contributed by atoms with Gasteiger partial charge in [-0.05, 0) is 69.0 Å². The molecule has 1 spiro atoms. The standard InChI is InChI=1S/C23H35N3O/c1-4-17(2)22(27)21-6-5-20(11-18(21)3)26-15-23(16-26)7-9-25(10-8-23)14-19-12-24-13-19/h5-6,11,17,19,24H,4,7-10,12-16H2,1-3H3. The molecule has 1 aromatic rings. The summed E-state index contributed by atoms with van der Waals surface area (Å²) in [6, 6.07) is 6.44. The van der Waals surface area contributed by atoms with E-state index in [1.807, 2.05) is 6.92 Å². The summed E-state index contributed by atoms with van der Waals surface area (Å²) in [5, 5.41) is 3.38. The van der Waals surface area contributed by atoms with E-state index in [0.29, 0.717) is 5.41 Å². The van der Waals surface area contributed by atoms with Crippen molar-refractivity contribution in [1.29, 1.82) is 0 Å². The number of ketones is 1. The molecule has 148 valence electrons. The second-order valence-corrected chi connectivity index (χ2v) is 9.35. The van der Waals surface area contributed by atoms with Crippen LogP contribution in [0.2, 0.25) is 0 Å². The molecule has 1 aromatic carbocycles. The average Bonchev–Trinajstić information content (AvgIpc) is 2.62. The van der Waals surface area contributed by atoms with Crippen LogP contribution in [0.3, 0.4) is 0 Å². The molecule has 0 aromatic heterocycles. The molecule has 1 N–H and O–H groups in total. The molecule has 1 atom stereocenters. The SMILES string of the molecule is CCC(C)C(=O)c1ccc(N2CC3(CCN(CC4CNC4)CC3)C2)cc1C. The Hall–Kier alpha value is -1.39. The van der Waals surface area contributed by atoms with Gasteiger partial charge in [0.1, 0.15) is 0 Å². The molecular formula is C23H35N3O. The first-order valence-corrected chi connectivity index (χ1v) is 10.8. The Morgan fingerprint density at radius 1 is 1.26 bits per heavy atom. The number of hydrogen-bond acceptors (Lipinski definition) is 4. The summed E-state index contributed by atoms with van der Waals surface area (Å²) in [5.41, 5.74) is 3.86. The van der Waals surface area contributed by atoms with E-state index < -0.39 is 0 Å². The lowest BCUT2D eigenvalue weighted by molar-refractivity contribution is 0.0616. The zero-order valence-electron chi connectivity index (χ0n) is 17.3. The molecule has 3 saturated heterocycles. The van der Waals surface area contributed by atoms with Crippen molar-refractivity contribution in [3.63, 3.8) is 0 Å². The van der Waals surface area contributed by atoms with E-state index in [1.165, 1.54) is 64.3 Å². The minimum atomic E-state index is 0.114. The number of likely N-dealkylation sites (tertiary alicyclic amines) is 1. The molecule has 0 aliphatic carbocycles. The molecule has 0 radical (unpaired) electrons. The molecule has 4 nitrogen and oxygen atoms in total. The fourth-order valence-electron chi connectivity index (χ4n) is 4.89. The number of Topliss-reactive ketones (excluding diaryl/α,β-unsaturated/α-hetero) is 1. The first-order chi connectivity index (χ1) is 13.0. The minimum absolute atomic E-state index is 0.114. The lowest BCUT2D eigenvalue weighted by atomic mass is 9.71. The number of nitrogens with one attached hydrogen (secondary N) is 1. The third-order valence-corrected chi connectivity index (χ3v) is 7.25. The Morgan fingerprint density at radius 2 is 1.96 bits per heavy atom. The highest BCUT2D eigenvalue weighted by Crippen LogP contribution is 2.43. The number of carbonyl (C=O) groups excluding carboxylic acids is 1. The van der Waals surface area contributed by atoms with Crippen molar-refractivity contribution in [3.8, 4) is 0 Å². The summed E-state index contributed by atoms with van der Waals surface area (Å²) in [6.45, 7) is 14.8. The van der Waals surface area contributed by atoms with Crippen LogP contribution in [0, 0.1) is 24.2 Å². The summed E-state index contributed by atoms with van der Waals surface area (Å²) < 4.78 is 0. The number of nitrogens with zero attached hydrogens (tertiary/aromatic N) is 2. The number of benzene rings is 1. The predicted octanol–water partition coefficient (Wildman–Crippen LogP) is 3.35. The van der Waals surface area contributed by atoms with Gasteiger partial charge >= 0.3 is 0 Å².